The Morgan fingerprint density at radius 2 is 1.79 bits per heavy atom. The van der Waals surface area contributed by atoms with Crippen molar-refractivity contribution in [1.82, 2.24) is 4.90 Å². The fraction of sp³-hybridized carbons (Fsp3) is 0.308. The van der Waals surface area contributed by atoms with E-state index in [1.807, 2.05) is 0 Å². The zero-order valence-corrected chi connectivity index (χ0v) is 10.6. The molecule has 0 aromatic heterocycles. The molecule has 0 aliphatic rings. The lowest BCUT2D eigenvalue weighted by molar-refractivity contribution is 0.0771. The first-order valence-corrected chi connectivity index (χ1v) is 5.56. The maximum Gasteiger partial charge on any atom is 0.257 e. The van der Waals surface area contributed by atoms with Gasteiger partial charge in [-0.2, -0.15) is 0 Å². The van der Waals surface area contributed by atoms with E-state index in [9.17, 15) is 22.4 Å². The molecule has 104 valence electrons. The average molecular weight is 275 g/mol. The monoisotopic (exact) mass is 275 g/mol. The predicted octanol–water partition coefficient (Wildman–Crippen LogP) is 3.28. The molecule has 19 heavy (non-hydrogen) atoms. The van der Waals surface area contributed by atoms with E-state index in [2.05, 4.69) is 6.58 Å². The number of likely N-dealkylation sites (N-methyl/N-ethyl adjacent to an activating group) is 1. The molecule has 0 radical (unpaired) electrons. The Morgan fingerprint density at radius 1 is 1.21 bits per heavy atom. The molecule has 1 aromatic carbocycles. The molecule has 1 rings (SSSR count). The fourth-order valence-corrected chi connectivity index (χ4v) is 1.55. The highest BCUT2D eigenvalue weighted by atomic mass is 19.2. The second kappa shape index (κ2) is 5.86. The van der Waals surface area contributed by atoms with Crippen molar-refractivity contribution in [3.05, 3.63) is 47.1 Å². The summed E-state index contributed by atoms with van der Waals surface area (Å²) < 4.78 is 52.4. The molecule has 0 saturated heterocycles. The molecule has 1 amide bonds. The minimum atomic E-state index is -1.99. The molecule has 0 N–H and O–H groups in total. The number of hydrogen-bond donors (Lipinski definition) is 0. The van der Waals surface area contributed by atoms with Crippen molar-refractivity contribution in [2.45, 2.75) is 13.8 Å². The van der Waals surface area contributed by atoms with Crippen LogP contribution in [-0.2, 0) is 0 Å². The second-order valence-corrected chi connectivity index (χ2v) is 4.12. The molecule has 2 nitrogen and oxygen atoms in total. The highest BCUT2D eigenvalue weighted by Gasteiger charge is 2.25. The molecule has 0 bridgehead atoms. The third-order valence-electron chi connectivity index (χ3n) is 2.46. The highest BCUT2D eigenvalue weighted by Crippen LogP contribution is 2.20. The Labute approximate surface area is 108 Å². The normalized spacial score (nSPS) is 10.4. The lowest BCUT2D eigenvalue weighted by Gasteiger charge is -2.21. The van der Waals surface area contributed by atoms with Gasteiger partial charge in [0.1, 0.15) is 0 Å². The summed E-state index contributed by atoms with van der Waals surface area (Å²) in [4.78, 5) is 13.1. The Bertz CT molecular complexity index is 528. The Hall–Kier alpha value is -1.85. The third-order valence-corrected chi connectivity index (χ3v) is 2.46. The quantitative estimate of drug-likeness (QED) is 0.357. The van der Waals surface area contributed by atoms with Crippen molar-refractivity contribution in [3.8, 4) is 0 Å². The molecule has 6 heteroatoms. The SMILES string of the molecule is C=C(C)CN(CC)C(=O)c1cc(F)c(F)c(F)c1F. The Balaban J connectivity index is 3.22. The van der Waals surface area contributed by atoms with E-state index in [1.54, 1.807) is 13.8 Å². The van der Waals surface area contributed by atoms with E-state index in [0.29, 0.717) is 11.6 Å². The maximum atomic E-state index is 13.5. The molecule has 0 aliphatic carbocycles. The topological polar surface area (TPSA) is 20.3 Å². The summed E-state index contributed by atoms with van der Waals surface area (Å²) in [5.41, 5.74) is -0.210. The van der Waals surface area contributed by atoms with Crippen LogP contribution < -0.4 is 0 Å². The molecular weight excluding hydrogens is 262 g/mol. The van der Waals surface area contributed by atoms with Gasteiger partial charge in [0.25, 0.3) is 5.91 Å². The van der Waals surface area contributed by atoms with Crippen LogP contribution in [0.5, 0.6) is 0 Å². The number of amides is 1. The van der Waals surface area contributed by atoms with Gasteiger partial charge in [-0.3, -0.25) is 4.79 Å². The summed E-state index contributed by atoms with van der Waals surface area (Å²) in [5, 5.41) is 0. The van der Waals surface area contributed by atoms with Crippen molar-refractivity contribution in [1.29, 1.82) is 0 Å². The summed E-state index contributed by atoms with van der Waals surface area (Å²) >= 11 is 0. The van der Waals surface area contributed by atoms with Gasteiger partial charge in [0.05, 0.1) is 5.56 Å². The van der Waals surface area contributed by atoms with Crippen molar-refractivity contribution in [2.24, 2.45) is 0 Å². The first-order valence-electron chi connectivity index (χ1n) is 5.56. The molecule has 0 saturated carbocycles. The van der Waals surface area contributed by atoms with Crippen LogP contribution in [0, 0.1) is 23.3 Å². The van der Waals surface area contributed by atoms with Crippen LogP contribution in [0.4, 0.5) is 17.6 Å². The molecule has 0 unspecified atom stereocenters. The minimum absolute atomic E-state index is 0.120. The smallest absolute Gasteiger partial charge is 0.257 e. The van der Waals surface area contributed by atoms with Gasteiger partial charge in [-0.25, -0.2) is 17.6 Å². The first kappa shape index (κ1) is 15.2. The van der Waals surface area contributed by atoms with Gasteiger partial charge in [-0.15, -0.1) is 0 Å². The summed E-state index contributed by atoms with van der Waals surface area (Å²) in [6, 6.07) is 0.358. The molecule has 0 atom stereocenters. The zero-order valence-electron chi connectivity index (χ0n) is 10.6. The summed E-state index contributed by atoms with van der Waals surface area (Å²) in [7, 11) is 0. The van der Waals surface area contributed by atoms with Crippen molar-refractivity contribution in [2.75, 3.05) is 13.1 Å². The van der Waals surface area contributed by atoms with Gasteiger partial charge < -0.3 is 4.90 Å². The fourth-order valence-electron chi connectivity index (χ4n) is 1.55. The van der Waals surface area contributed by atoms with Gasteiger partial charge in [0.15, 0.2) is 23.3 Å². The van der Waals surface area contributed by atoms with Gasteiger partial charge in [0.2, 0.25) is 0 Å². The van der Waals surface area contributed by atoms with Crippen molar-refractivity contribution in [3.63, 3.8) is 0 Å². The third kappa shape index (κ3) is 3.13. The lowest BCUT2D eigenvalue weighted by atomic mass is 10.1. The van der Waals surface area contributed by atoms with E-state index in [1.165, 1.54) is 0 Å². The van der Waals surface area contributed by atoms with Crippen LogP contribution in [0.2, 0.25) is 0 Å². The van der Waals surface area contributed by atoms with Gasteiger partial charge in [-0.1, -0.05) is 12.2 Å². The van der Waals surface area contributed by atoms with Gasteiger partial charge in [0, 0.05) is 13.1 Å². The number of hydrogen-bond acceptors (Lipinski definition) is 1. The van der Waals surface area contributed by atoms with E-state index < -0.39 is 34.7 Å². The Morgan fingerprint density at radius 3 is 2.26 bits per heavy atom. The van der Waals surface area contributed by atoms with Crippen molar-refractivity contribution >= 4 is 5.91 Å². The number of rotatable bonds is 4. The number of nitrogens with zero attached hydrogens (tertiary/aromatic N) is 1. The largest absolute Gasteiger partial charge is 0.335 e. The molecule has 0 aliphatic heterocycles. The number of carbonyl (C=O) groups excluding carboxylic acids is 1. The number of carbonyl (C=O) groups is 1. The van der Waals surface area contributed by atoms with Gasteiger partial charge in [-0.05, 0) is 19.9 Å². The minimum Gasteiger partial charge on any atom is -0.335 e. The number of benzene rings is 1. The first-order chi connectivity index (χ1) is 8.79. The summed E-state index contributed by atoms with van der Waals surface area (Å²) in [6.07, 6.45) is 0. The second-order valence-electron chi connectivity index (χ2n) is 4.12. The van der Waals surface area contributed by atoms with Crippen molar-refractivity contribution < 1.29 is 22.4 Å². The predicted molar refractivity (Wildman–Crippen MR) is 62.7 cm³/mol. The maximum absolute atomic E-state index is 13.5. The molecular formula is C13H13F4NO. The molecule has 0 fully saturated rings. The standard InChI is InChI=1S/C13H13F4NO/c1-4-18(6-7(2)3)13(19)8-5-9(14)11(16)12(17)10(8)15/h5H,2,4,6H2,1,3H3. The van der Waals surface area contributed by atoms with E-state index in [-0.39, 0.29) is 13.1 Å². The van der Waals surface area contributed by atoms with Gasteiger partial charge >= 0.3 is 0 Å². The summed E-state index contributed by atoms with van der Waals surface area (Å²) in [5.74, 6) is -8.13. The van der Waals surface area contributed by atoms with Crippen LogP contribution in [-0.4, -0.2) is 23.9 Å². The van der Waals surface area contributed by atoms with E-state index in [0.717, 1.165) is 4.90 Å². The van der Waals surface area contributed by atoms with Crippen LogP contribution in [0.3, 0.4) is 0 Å². The Kier molecular flexibility index (Phi) is 4.69. The lowest BCUT2D eigenvalue weighted by Crippen LogP contribution is -2.33. The van der Waals surface area contributed by atoms with Crippen LogP contribution in [0.1, 0.15) is 24.2 Å². The van der Waals surface area contributed by atoms with Crippen LogP contribution in [0.25, 0.3) is 0 Å². The highest BCUT2D eigenvalue weighted by molar-refractivity contribution is 5.94. The number of halogens is 4. The summed E-state index contributed by atoms with van der Waals surface area (Å²) in [6.45, 7) is 7.19. The molecule has 0 spiro atoms. The molecule has 1 aromatic rings. The van der Waals surface area contributed by atoms with E-state index in [4.69, 9.17) is 0 Å². The molecule has 0 heterocycles. The zero-order chi connectivity index (χ0) is 14.7. The van der Waals surface area contributed by atoms with Crippen LogP contribution >= 0.6 is 0 Å². The van der Waals surface area contributed by atoms with E-state index >= 15 is 0 Å². The van der Waals surface area contributed by atoms with Crippen LogP contribution in [0.15, 0.2) is 18.2 Å². The average Bonchev–Trinajstić information content (AvgIpc) is 2.36.